The normalized spacial score (nSPS) is 21.8. The van der Waals surface area contributed by atoms with E-state index in [2.05, 4.69) is 4.72 Å². The number of amides is 1. The number of carbonyl (C=O) groups excluding carboxylic acids is 1. The van der Waals surface area contributed by atoms with Gasteiger partial charge in [0.1, 0.15) is 5.75 Å². The van der Waals surface area contributed by atoms with E-state index in [9.17, 15) is 13.2 Å². The van der Waals surface area contributed by atoms with Crippen LogP contribution in [0.1, 0.15) is 36.0 Å². The lowest BCUT2D eigenvalue weighted by atomic mass is 9.85. The SMILES string of the molecule is COc1ccc(S(=O)(=O)NC2CCCCC2CN)cc1C(N)=O. The molecule has 5 N–H and O–H groups in total. The van der Waals surface area contributed by atoms with Gasteiger partial charge >= 0.3 is 0 Å². The molecule has 0 bridgehead atoms. The molecule has 1 aliphatic rings. The Labute approximate surface area is 136 Å². The van der Waals surface area contributed by atoms with Crippen molar-refractivity contribution in [3.63, 3.8) is 0 Å². The second-order valence-corrected chi connectivity index (χ2v) is 7.45. The summed E-state index contributed by atoms with van der Waals surface area (Å²) in [6.07, 6.45) is 3.71. The summed E-state index contributed by atoms with van der Waals surface area (Å²) in [5.74, 6) is -0.363. The average molecular weight is 341 g/mol. The second-order valence-electron chi connectivity index (χ2n) is 5.73. The Hall–Kier alpha value is -1.64. The molecule has 0 heterocycles. The monoisotopic (exact) mass is 341 g/mol. The minimum Gasteiger partial charge on any atom is -0.496 e. The molecule has 1 aromatic rings. The van der Waals surface area contributed by atoms with Gasteiger partial charge in [0.05, 0.1) is 17.6 Å². The van der Waals surface area contributed by atoms with E-state index in [0.29, 0.717) is 6.54 Å². The Kier molecular flexibility index (Phi) is 5.61. The zero-order valence-corrected chi connectivity index (χ0v) is 13.9. The largest absolute Gasteiger partial charge is 0.496 e. The van der Waals surface area contributed by atoms with Crippen molar-refractivity contribution >= 4 is 15.9 Å². The summed E-state index contributed by atoms with van der Waals surface area (Å²) in [6, 6.07) is 3.88. The highest BCUT2D eigenvalue weighted by Gasteiger charge is 2.29. The number of hydrogen-bond donors (Lipinski definition) is 3. The van der Waals surface area contributed by atoms with Crippen LogP contribution in [0, 0.1) is 5.92 Å². The van der Waals surface area contributed by atoms with E-state index >= 15 is 0 Å². The summed E-state index contributed by atoms with van der Waals surface area (Å²) in [5, 5.41) is 0. The third-order valence-corrected chi connectivity index (χ3v) is 5.75. The average Bonchev–Trinajstić information content (AvgIpc) is 2.54. The highest BCUT2D eigenvalue weighted by atomic mass is 32.2. The molecule has 2 atom stereocenters. The van der Waals surface area contributed by atoms with Crippen molar-refractivity contribution in [1.29, 1.82) is 0 Å². The first-order valence-electron chi connectivity index (χ1n) is 7.59. The molecule has 1 saturated carbocycles. The molecule has 128 valence electrons. The Bertz CT molecular complexity index is 675. The molecule has 8 heteroatoms. The highest BCUT2D eigenvalue weighted by molar-refractivity contribution is 7.89. The summed E-state index contributed by atoms with van der Waals surface area (Å²) < 4.78 is 32.9. The van der Waals surface area contributed by atoms with Gasteiger partial charge in [0.15, 0.2) is 0 Å². The molecule has 0 aliphatic heterocycles. The molecule has 1 fully saturated rings. The van der Waals surface area contributed by atoms with Crippen molar-refractivity contribution in [2.75, 3.05) is 13.7 Å². The molecular formula is C15H23N3O4S. The van der Waals surface area contributed by atoms with Crippen molar-refractivity contribution in [3.8, 4) is 5.75 Å². The molecule has 1 aliphatic carbocycles. The minimum absolute atomic E-state index is 0.00607. The summed E-state index contributed by atoms with van der Waals surface area (Å²) >= 11 is 0. The number of primary amides is 1. The predicted molar refractivity (Wildman–Crippen MR) is 86.6 cm³/mol. The van der Waals surface area contributed by atoms with Crippen LogP contribution in [0.15, 0.2) is 23.1 Å². The maximum Gasteiger partial charge on any atom is 0.252 e. The third kappa shape index (κ3) is 4.01. The molecular weight excluding hydrogens is 318 g/mol. The number of methoxy groups -OCH3 is 1. The fourth-order valence-corrected chi connectivity index (χ4v) is 4.32. The number of nitrogens with one attached hydrogen (secondary N) is 1. The van der Waals surface area contributed by atoms with Crippen LogP contribution in [-0.2, 0) is 10.0 Å². The minimum atomic E-state index is -3.75. The van der Waals surface area contributed by atoms with Crippen molar-refractivity contribution in [1.82, 2.24) is 4.72 Å². The molecule has 1 amide bonds. The van der Waals surface area contributed by atoms with Crippen molar-refractivity contribution in [3.05, 3.63) is 23.8 Å². The van der Waals surface area contributed by atoms with Gasteiger partial charge in [0.2, 0.25) is 10.0 Å². The van der Waals surface area contributed by atoms with Gasteiger partial charge in [-0.05, 0) is 43.5 Å². The van der Waals surface area contributed by atoms with Crippen LogP contribution in [0.4, 0.5) is 0 Å². The summed E-state index contributed by atoms with van der Waals surface area (Å²) in [7, 11) is -2.36. The summed E-state index contributed by atoms with van der Waals surface area (Å²) in [4.78, 5) is 11.5. The van der Waals surface area contributed by atoms with Crippen LogP contribution in [0.2, 0.25) is 0 Å². The molecule has 23 heavy (non-hydrogen) atoms. The molecule has 0 saturated heterocycles. The molecule has 0 aromatic heterocycles. The predicted octanol–water partition coefficient (Wildman–Crippen LogP) is 0.590. The molecule has 2 rings (SSSR count). The number of ether oxygens (including phenoxy) is 1. The Morgan fingerprint density at radius 3 is 2.65 bits per heavy atom. The first-order valence-corrected chi connectivity index (χ1v) is 9.07. The number of nitrogens with two attached hydrogens (primary N) is 2. The Balaban J connectivity index is 2.28. The van der Waals surface area contributed by atoms with Gasteiger partial charge in [0, 0.05) is 6.04 Å². The van der Waals surface area contributed by atoms with Gasteiger partial charge in [-0.3, -0.25) is 4.79 Å². The van der Waals surface area contributed by atoms with Gasteiger partial charge < -0.3 is 16.2 Å². The quantitative estimate of drug-likeness (QED) is 0.698. The van der Waals surface area contributed by atoms with E-state index in [-0.39, 0.29) is 28.2 Å². The fourth-order valence-electron chi connectivity index (χ4n) is 2.96. The zero-order valence-electron chi connectivity index (χ0n) is 13.1. The number of hydrogen-bond acceptors (Lipinski definition) is 5. The number of sulfonamides is 1. The van der Waals surface area contributed by atoms with Gasteiger partial charge in [-0.1, -0.05) is 12.8 Å². The smallest absolute Gasteiger partial charge is 0.252 e. The number of benzene rings is 1. The van der Waals surface area contributed by atoms with Gasteiger partial charge in [0.25, 0.3) is 5.91 Å². The third-order valence-electron chi connectivity index (χ3n) is 4.27. The van der Waals surface area contributed by atoms with Gasteiger partial charge in [-0.2, -0.15) is 0 Å². The lowest BCUT2D eigenvalue weighted by molar-refractivity contribution is 0.0997. The van der Waals surface area contributed by atoms with Crippen LogP contribution in [0.5, 0.6) is 5.75 Å². The first-order chi connectivity index (χ1) is 10.9. The summed E-state index contributed by atoms with van der Waals surface area (Å²) in [6.45, 7) is 0.447. The molecule has 1 aromatic carbocycles. The fraction of sp³-hybridized carbons (Fsp3) is 0.533. The Morgan fingerprint density at radius 1 is 1.35 bits per heavy atom. The van der Waals surface area contributed by atoms with E-state index in [1.165, 1.54) is 25.3 Å². The molecule has 7 nitrogen and oxygen atoms in total. The lowest BCUT2D eigenvalue weighted by Crippen LogP contribution is -2.44. The maximum atomic E-state index is 12.6. The first kappa shape index (κ1) is 17.7. The second kappa shape index (κ2) is 7.29. The Morgan fingerprint density at radius 2 is 2.04 bits per heavy atom. The van der Waals surface area contributed by atoms with Gasteiger partial charge in [-0.15, -0.1) is 0 Å². The van der Waals surface area contributed by atoms with Crippen molar-refractivity contribution in [2.24, 2.45) is 17.4 Å². The maximum absolute atomic E-state index is 12.6. The van der Waals surface area contributed by atoms with Crippen LogP contribution in [0.3, 0.4) is 0 Å². The molecule has 2 unspecified atom stereocenters. The van der Waals surface area contributed by atoms with Crippen molar-refractivity contribution in [2.45, 2.75) is 36.6 Å². The molecule has 0 radical (unpaired) electrons. The summed E-state index contributed by atoms with van der Waals surface area (Å²) in [5.41, 5.74) is 11.1. The van der Waals surface area contributed by atoms with Gasteiger partial charge in [-0.25, -0.2) is 13.1 Å². The van der Waals surface area contributed by atoms with E-state index in [4.69, 9.17) is 16.2 Å². The van der Waals surface area contributed by atoms with E-state index < -0.39 is 15.9 Å². The van der Waals surface area contributed by atoms with E-state index in [0.717, 1.165) is 25.7 Å². The van der Waals surface area contributed by atoms with Crippen molar-refractivity contribution < 1.29 is 17.9 Å². The van der Waals surface area contributed by atoms with Crippen LogP contribution in [-0.4, -0.2) is 34.0 Å². The zero-order chi connectivity index (χ0) is 17.0. The van der Waals surface area contributed by atoms with E-state index in [1.54, 1.807) is 0 Å². The number of rotatable bonds is 6. The molecule has 0 spiro atoms. The van der Waals surface area contributed by atoms with E-state index in [1.807, 2.05) is 0 Å². The lowest BCUT2D eigenvalue weighted by Gasteiger charge is -2.31. The number of carbonyl (C=O) groups is 1. The standard InChI is InChI=1S/C15H23N3O4S/c1-22-14-7-6-11(8-12(14)15(17)19)23(20,21)18-13-5-3-2-4-10(13)9-16/h6-8,10,13,18H,2-5,9,16H2,1H3,(H2,17,19). The van der Waals surface area contributed by atoms with Crippen LogP contribution < -0.4 is 20.9 Å². The highest BCUT2D eigenvalue weighted by Crippen LogP contribution is 2.26. The van der Waals surface area contributed by atoms with Crippen LogP contribution in [0.25, 0.3) is 0 Å². The topological polar surface area (TPSA) is 125 Å². The van der Waals surface area contributed by atoms with Crippen LogP contribution >= 0.6 is 0 Å².